The molecule has 0 aromatic heterocycles. The lowest BCUT2D eigenvalue weighted by atomic mass is 10.1. The molecule has 1 unspecified atom stereocenters. The third-order valence-electron chi connectivity index (χ3n) is 1.13. The lowest BCUT2D eigenvalue weighted by Crippen LogP contribution is -2.18. The van der Waals surface area contributed by atoms with E-state index in [4.69, 9.17) is 0 Å². The summed E-state index contributed by atoms with van der Waals surface area (Å²) in [6.07, 6.45) is 1.18. The van der Waals surface area contributed by atoms with E-state index in [0.29, 0.717) is 12.8 Å². The van der Waals surface area contributed by atoms with Gasteiger partial charge in [0.25, 0.3) is 0 Å². The van der Waals surface area contributed by atoms with E-state index in [9.17, 15) is 14.5 Å². The van der Waals surface area contributed by atoms with E-state index in [1.54, 1.807) is 0 Å². The molecule has 0 saturated carbocycles. The molecule has 0 amide bonds. The van der Waals surface area contributed by atoms with Crippen LogP contribution < -0.4 is 0 Å². The minimum atomic E-state index is -0.956. The first-order valence-corrected chi connectivity index (χ1v) is 3.07. The Morgan fingerprint density at radius 1 is 1.70 bits per heavy atom. The molecule has 0 spiro atoms. The van der Waals surface area contributed by atoms with Gasteiger partial charge in [-0.15, -0.1) is 0 Å². The lowest BCUT2D eigenvalue weighted by molar-refractivity contribution is -0.130. The van der Waals surface area contributed by atoms with Gasteiger partial charge in [-0.3, -0.25) is 9.59 Å². The number of nitrogens with zero attached hydrogens (tertiary/aromatic N) is 1. The van der Waals surface area contributed by atoms with Crippen molar-refractivity contribution in [3.05, 3.63) is 4.91 Å². The summed E-state index contributed by atoms with van der Waals surface area (Å²) in [7, 11) is 0. The summed E-state index contributed by atoms with van der Waals surface area (Å²) in [5.41, 5.74) is 0. The van der Waals surface area contributed by atoms with Gasteiger partial charge in [0.2, 0.25) is 5.78 Å². The zero-order valence-corrected chi connectivity index (χ0v) is 5.74. The number of carbonyl (C=O) groups excluding carboxylic acids is 2. The molecular formula is C6H9NO3. The van der Waals surface area contributed by atoms with E-state index in [2.05, 4.69) is 5.18 Å². The number of Topliss-reactive ketones (excluding diaryl/α,β-unsaturated/α-hetero) is 1. The van der Waals surface area contributed by atoms with E-state index in [0.717, 1.165) is 0 Å². The Morgan fingerprint density at radius 2 is 2.30 bits per heavy atom. The highest BCUT2D eigenvalue weighted by molar-refractivity contribution is 6.27. The molecule has 0 aromatic carbocycles. The van der Waals surface area contributed by atoms with Crippen LogP contribution in [-0.4, -0.2) is 18.1 Å². The zero-order chi connectivity index (χ0) is 7.98. The second-order valence-electron chi connectivity index (χ2n) is 1.93. The summed E-state index contributed by atoms with van der Waals surface area (Å²) in [4.78, 5) is 30.2. The summed E-state index contributed by atoms with van der Waals surface area (Å²) < 4.78 is 0. The number of rotatable bonds is 5. The maximum Gasteiger partial charge on any atom is 0.223 e. The minimum absolute atomic E-state index is 0.141. The molecular weight excluding hydrogens is 134 g/mol. The predicted molar refractivity (Wildman–Crippen MR) is 35.6 cm³/mol. The molecule has 4 heteroatoms. The minimum Gasteiger partial charge on any atom is -0.295 e. The van der Waals surface area contributed by atoms with E-state index < -0.39 is 11.8 Å². The van der Waals surface area contributed by atoms with Gasteiger partial charge >= 0.3 is 0 Å². The Hall–Kier alpha value is -1.06. The molecule has 1 atom stereocenters. The van der Waals surface area contributed by atoms with Crippen LogP contribution >= 0.6 is 0 Å². The van der Waals surface area contributed by atoms with Gasteiger partial charge in [-0.2, -0.15) is 4.91 Å². The largest absolute Gasteiger partial charge is 0.295 e. The monoisotopic (exact) mass is 143 g/mol. The summed E-state index contributed by atoms with van der Waals surface area (Å²) in [6, 6.07) is -0.956. The summed E-state index contributed by atoms with van der Waals surface area (Å²) in [6.45, 7) is 1.82. The van der Waals surface area contributed by atoms with Crippen molar-refractivity contribution >= 4 is 12.1 Å². The fourth-order valence-corrected chi connectivity index (χ4v) is 0.599. The van der Waals surface area contributed by atoms with Crippen molar-refractivity contribution < 1.29 is 9.59 Å². The number of hydrogen-bond donors (Lipinski definition) is 0. The smallest absolute Gasteiger partial charge is 0.223 e. The molecule has 10 heavy (non-hydrogen) atoms. The number of nitroso groups, excluding NO2 is 1. The maximum absolute atomic E-state index is 10.5. The van der Waals surface area contributed by atoms with Crippen LogP contribution in [0.15, 0.2) is 5.18 Å². The number of aldehydes is 1. The van der Waals surface area contributed by atoms with Gasteiger partial charge in [0, 0.05) is 0 Å². The fraction of sp³-hybridized carbons (Fsp3) is 0.667. The lowest BCUT2D eigenvalue weighted by Gasteiger charge is -1.98. The topological polar surface area (TPSA) is 63.6 Å². The molecule has 0 N–H and O–H groups in total. The van der Waals surface area contributed by atoms with Crippen molar-refractivity contribution in [2.45, 2.75) is 25.8 Å². The Balaban J connectivity index is 3.91. The van der Waals surface area contributed by atoms with Crippen LogP contribution in [-0.2, 0) is 9.59 Å². The third kappa shape index (κ3) is 2.48. The molecule has 4 nitrogen and oxygen atoms in total. The third-order valence-corrected chi connectivity index (χ3v) is 1.13. The van der Waals surface area contributed by atoms with Gasteiger partial charge in [-0.1, -0.05) is 18.5 Å². The first-order valence-electron chi connectivity index (χ1n) is 3.07. The normalized spacial score (nSPS) is 12.1. The van der Waals surface area contributed by atoms with Crippen molar-refractivity contribution in [3.8, 4) is 0 Å². The quantitative estimate of drug-likeness (QED) is 0.323. The molecule has 56 valence electrons. The van der Waals surface area contributed by atoms with Crippen molar-refractivity contribution in [3.63, 3.8) is 0 Å². The van der Waals surface area contributed by atoms with Crippen molar-refractivity contribution in [1.29, 1.82) is 0 Å². The Bertz CT molecular complexity index is 144. The van der Waals surface area contributed by atoms with E-state index in [1.165, 1.54) is 0 Å². The number of carbonyl (C=O) groups is 2. The Labute approximate surface area is 58.6 Å². The second kappa shape index (κ2) is 4.78. The predicted octanol–water partition coefficient (Wildman–Crippen LogP) is 0.690. The van der Waals surface area contributed by atoms with Crippen molar-refractivity contribution in [2.24, 2.45) is 5.18 Å². The molecule has 0 bridgehead atoms. The summed E-state index contributed by atoms with van der Waals surface area (Å²) in [5.74, 6) is -0.725. The SMILES string of the molecule is CCCC(N=O)C(=O)C=O. The van der Waals surface area contributed by atoms with Crippen LogP contribution in [0.25, 0.3) is 0 Å². The van der Waals surface area contributed by atoms with Gasteiger partial charge in [0.05, 0.1) is 0 Å². The van der Waals surface area contributed by atoms with Crippen LogP contribution in [0.2, 0.25) is 0 Å². The molecule has 0 aliphatic rings. The van der Waals surface area contributed by atoms with Gasteiger partial charge < -0.3 is 0 Å². The van der Waals surface area contributed by atoms with E-state index >= 15 is 0 Å². The van der Waals surface area contributed by atoms with Gasteiger partial charge in [0.15, 0.2) is 12.3 Å². The molecule has 0 saturated heterocycles. The molecule has 0 rings (SSSR count). The van der Waals surface area contributed by atoms with Crippen LogP contribution in [0.4, 0.5) is 0 Å². The number of hydrogen-bond acceptors (Lipinski definition) is 4. The average Bonchev–Trinajstić information content (AvgIpc) is 1.99. The summed E-state index contributed by atoms with van der Waals surface area (Å²) in [5, 5.41) is 2.52. The molecule has 0 radical (unpaired) electrons. The first-order chi connectivity index (χ1) is 4.76. The van der Waals surface area contributed by atoms with E-state index in [1.807, 2.05) is 6.92 Å². The van der Waals surface area contributed by atoms with Gasteiger partial charge in [-0.05, 0) is 6.42 Å². The summed E-state index contributed by atoms with van der Waals surface area (Å²) >= 11 is 0. The van der Waals surface area contributed by atoms with E-state index in [-0.39, 0.29) is 6.29 Å². The van der Waals surface area contributed by atoms with Crippen LogP contribution in [0, 0.1) is 4.91 Å². The standard InChI is InChI=1S/C6H9NO3/c1-2-3-5(7-10)6(9)4-8/h4-5H,2-3H2,1H3. The molecule has 0 aliphatic carbocycles. The van der Waals surface area contributed by atoms with Crippen LogP contribution in [0.5, 0.6) is 0 Å². The molecule has 0 aromatic rings. The highest BCUT2D eigenvalue weighted by atomic mass is 16.3. The average molecular weight is 143 g/mol. The molecule has 0 heterocycles. The molecule has 0 fully saturated rings. The van der Waals surface area contributed by atoms with Crippen LogP contribution in [0.1, 0.15) is 19.8 Å². The van der Waals surface area contributed by atoms with Gasteiger partial charge in [-0.25, -0.2) is 0 Å². The van der Waals surface area contributed by atoms with Crippen molar-refractivity contribution in [2.75, 3.05) is 0 Å². The second-order valence-corrected chi connectivity index (χ2v) is 1.93. The van der Waals surface area contributed by atoms with Crippen LogP contribution in [0.3, 0.4) is 0 Å². The molecule has 0 aliphatic heterocycles. The highest BCUT2D eigenvalue weighted by Gasteiger charge is 2.15. The highest BCUT2D eigenvalue weighted by Crippen LogP contribution is 2.00. The van der Waals surface area contributed by atoms with Gasteiger partial charge in [0.1, 0.15) is 0 Å². The Kier molecular flexibility index (Phi) is 4.28. The van der Waals surface area contributed by atoms with Crippen molar-refractivity contribution in [1.82, 2.24) is 0 Å². The first kappa shape index (κ1) is 8.94. The zero-order valence-electron chi connectivity index (χ0n) is 5.74. The maximum atomic E-state index is 10.5. The number of ketones is 1. The fourth-order valence-electron chi connectivity index (χ4n) is 0.599. The Morgan fingerprint density at radius 3 is 2.60 bits per heavy atom.